The van der Waals surface area contributed by atoms with E-state index in [0.29, 0.717) is 17.5 Å². The Morgan fingerprint density at radius 2 is 1.94 bits per heavy atom. The van der Waals surface area contributed by atoms with Crippen LogP contribution in [0.2, 0.25) is 0 Å². The normalized spacial score (nSPS) is 12.3. The van der Waals surface area contributed by atoms with Crippen LogP contribution in [0.4, 0.5) is 4.39 Å². The van der Waals surface area contributed by atoms with Crippen LogP contribution in [-0.4, -0.2) is 19.1 Å². The van der Waals surface area contributed by atoms with Gasteiger partial charge in [-0.2, -0.15) is 0 Å². The number of esters is 1. The topological polar surface area (TPSA) is 52.3 Å². The summed E-state index contributed by atoms with van der Waals surface area (Å²) >= 11 is 0. The first-order valence-corrected chi connectivity index (χ1v) is 5.04. The summed E-state index contributed by atoms with van der Waals surface area (Å²) in [4.78, 5) is 11.1. The van der Waals surface area contributed by atoms with Crippen LogP contribution in [0.15, 0.2) is 12.1 Å². The van der Waals surface area contributed by atoms with E-state index >= 15 is 0 Å². The van der Waals surface area contributed by atoms with E-state index in [4.69, 9.17) is 5.73 Å². The van der Waals surface area contributed by atoms with E-state index in [1.807, 2.05) is 0 Å². The van der Waals surface area contributed by atoms with Crippen LogP contribution < -0.4 is 5.73 Å². The first kappa shape index (κ1) is 12.6. The fraction of sp³-hybridized carbons (Fsp3) is 0.417. The zero-order valence-corrected chi connectivity index (χ0v) is 9.71. The molecular weight excluding hydrogens is 209 g/mol. The molecule has 1 aromatic carbocycles. The van der Waals surface area contributed by atoms with E-state index < -0.39 is 12.0 Å². The van der Waals surface area contributed by atoms with E-state index in [0.717, 1.165) is 5.56 Å². The monoisotopic (exact) mass is 225 g/mol. The summed E-state index contributed by atoms with van der Waals surface area (Å²) in [7, 11) is 1.29. The zero-order chi connectivity index (χ0) is 12.3. The SMILES string of the molecule is COC(=O)[C@H](N)Cc1cc(C)c(F)c(C)c1. The number of carbonyl (C=O) groups excluding carboxylic acids is 1. The number of ether oxygens (including phenoxy) is 1. The second-order valence-corrected chi connectivity index (χ2v) is 3.88. The van der Waals surface area contributed by atoms with E-state index in [1.165, 1.54) is 7.11 Å². The van der Waals surface area contributed by atoms with Gasteiger partial charge in [-0.25, -0.2) is 4.39 Å². The lowest BCUT2D eigenvalue weighted by atomic mass is 10.0. The maximum absolute atomic E-state index is 13.4. The summed E-state index contributed by atoms with van der Waals surface area (Å²) in [5.41, 5.74) is 7.60. The highest BCUT2D eigenvalue weighted by atomic mass is 19.1. The Balaban J connectivity index is 2.86. The smallest absolute Gasteiger partial charge is 0.322 e. The summed E-state index contributed by atoms with van der Waals surface area (Å²) < 4.78 is 17.9. The third-order valence-corrected chi connectivity index (χ3v) is 2.46. The molecule has 0 aliphatic rings. The number of carbonyl (C=O) groups is 1. The minimum absolute atomic E-state index is 0.213. The van der Waals surface area contributed by atoms with Crippen molar-refractivity contribution in [3.8, 4) is 0 Å². The number of nitrogens with two attached hydrogens (primary N) is 1. The molecule has 0 aromatic heterocycles. The van der Waals surface area contributed by atoms with Gasteiger partial charge in [0.05, 0.1) is 7.11 Å². The molecule has 0 fully saturated rings. The van der Waals surface area contributed by atoms with Crippen LogP contribution >= 0.6 is 0 Å². The van der Waals surface area contributed by atoms with Crippen molar-refractivity contribution in [2.75, 3.05) is 7.11 Å². The second kappa shape index (κ2) is 5.07. The van der Waals surface area contributed by atoms with Gasteiger partial charge in [-0.15, -0.1) is 0 Å². The van der Waals surface area contributed by atoms with Gasteiger partial charge in [0, 0.05) is 0 Å². The predicted octanol–water partition coefficient (Wildman–Crippen LogP) is 1.49. The molecule has 0 unspecified atom stereocenters. The number of hydrogen-bond donors (Lipinski definition) is 1. The maximum Gasteiger partial charge on any atom is 0.322 e. The summed E-state index contributed by atoms with van der Waals surface area (Å²) in [6.07, 6.45) is 0.356. The zero-order valence-electron chi connectivity index (χ0n) is 9.71. The quantitative estimate of drug-likeness (QED) is 0.793. The highest BCUT2D eigenvalue weighted by molar-refractivity contribution is 5.75. The van der Waals surface area contributed by atoms with Crippen molar-refractivity contribution in [2.24, 2.45) is 5.73 Å². The van der Waals surface area contributed by atoms with Crippen molar-refractivity contribution < 1.29 is 13.9 Å². The van der Waals surface area contributed by atoms with Gasteiger partial charge in [-0.1, -0.05) is 12.1 Å². The van der Waals surface area contributed by atoms with Gasteiger partial charge < -0.3 is 10.5 Å². The summed E-state index contributed by atoms with van der Waals surface area (Å²) in [6.45, 7) is 3.38. The summed E-state index contributed by atoms with van der Waals surface area (Å²) in [5, 5.41) is 0. The standard InChI is InChI=1S/C12H16FNO2/c1-7-4-9(5-8(2)11(7)13)6-10(14)12(15)16-3/h4-5,10H,6,14H2,1-3H3/t10-/m1/s1. The van der Waals surface area contributed by atoms with Gasteiger partial charge in [-0.05, 0) is 37.0 Å². The van der Waals surface area contributed by atoms with Crippen molar-refractivity contribution in [3.05, 3.63) is 34.6 Å². The maximum atomic E-state index is 13.4. The highest BCUT2D eigenvalue weighted by Crippen LogP contribution is 2.15. The molecule has 88 valence electrons. The molecule has 0 spiro atoms. The van der Waals surface area contributed by atoms with Crippen LogP contribution in [0.25, 0.3) is 0 Å². The van der Waals surface area contributed by atoms with Crippen molar-refractivity contribution >= 4 is 5.97 Å². The van der Waals surface area contributed by atoms with E-state index in [-0.39, 0.29) is 5.82 Å². The van der Waals surface area contributed by atoms with E-state index in [1.54, 1.807) is 26.0 Å². The van der Waals surface area contributed by atoms with Crippen LogP contribution in [0.1, 0.15) is 16.7 Å². The average molecular weight is 225 g/mol. The minimum Gasteiger partial charge on any atom is -0.468 e. The molecule has 0 saturated heterocycles. The number of aryl methyl sites for hydroxylation is 2. The van der Waals surface area contributed by atoms with Crippen molar-refractivity contribution in [1.29, 1.82) is 0 Å². The third-order valence-electron chi connectivity index (χ3n) is 2.46. The molecule has 0 aliphatic heterocycles. The molecule has 0 amide bonds. The number of benzene rings is 1. The van der Waals surface area contributed by atoms with E-state index in [2.05, 4.69) is 4.74 Å². The fourth-order valence-corrected chi connectivity index (χ4v) is 1.64. The Kier molecular flexibility index (Phi) is 4.01. The first-order chi connectivity index (χ1) is 7.45. The molecule has 2 N–H and O–H groups in total. The van der Waals surface area contributed by atoms with Gasteiger partial charge in [0.2, 0.25) is 0 Å². The lowest BCUT2D eigenvalue weighted by Gasteiger charge is -2.11. The van der Waals surface area contributed by atoms with Gasteiger partial charge in [0.1, 0.15) is 11.9 Å². The lowest BCUT2D eigenvalue weighted by molar-refractivity contribution is -0.142. The van der Waals surface area contributed by atoms with Crippen LogP contribution in [0, 0.1) is 19.7 Å². The van der Waals surface area contributed by atoms with Gasteiger partial charge in [-0.3, -0.25) is 4.79 Å². The molecule has 0 radical (unpaired) electrons. The molecule has 1 aromatic rings. The molecule has 0 saturated carbocycles. The number of methoxy groups -OCH3 is 1. The summed E-state index contributed by atoms with van der Waals surface area (Å²) in [6, 6.07) is 2.70. The van der Waals surface area contributed by atoms with Crippen LogP contribution in [0.3, 0.4) is 0 Å². The first-order valence-electron chi connectivity index (χ1n) is 5.04. The van der Waals surface area contributed by atoms with Gasteiger partial charge in [0.25, 0.3) is 0 Å². The van der Waals surface area contributed by atoms with Crippen LogP contribution in [-0.2, 0) is 16.0 Å². The number of halogens is 1. The lowest BCUT2D eigenvalue weighted by Crippen LogP contribution is -2.33. The molecule has 1 rings (SSSR count). The van der Waals surface area contributed by atoms with Crippen molar-refractivity contribution in [1.82, 2.24) is 0 Å². The third kappa shape index (κ3) is 2.79. The van der Waals surface area contributed by atoms with Gasteiger partial charge >= 0.3 is 5.97 Å². The molecule has 0 aliphatic carbocycles. The molecule has 3 nitrogen and oxygen atoms in total. The molecule has 1 atom stereocenters. The number of rotatable bonds is 3. The minimum atomic E-state index is -0.700. The second-order valence-electron chi connectivity index (χ2n) is 3.88. The molecule has 0 bridgehead atoms. The van der Waals surface area contributed by atoms with Crippen molar-refractivity contribution in [2.45, 2.75) is 26.3 Å². The van der Waals surface area contributed by atoms with E-state index in [9.17, 15) is 9.18 Å². The Labute approximate surface area is 94.4 Å². The largest absolute Gasteiger partial charge is 0.468 e. The molecular formula is C12H16FNO2. The van der Waals surface area contributed by atoms with Crippen LogP contribution in [0.5, 0.6) is 0 Å². The molecule has 16 heavy (non-hydrogen) atoms. The molecule has 0 heterocycles. The number of hydrogen-bond acceptors (Lipinski definition) is 3. The van der Waals surface area contributed by atoms with Gasteiger partial charge in [0.15, 0.2) is 0 Å². The Bertz CT molecular complexity index is 381. The average Bonchev–Trinajstić information content (AvgIpc) is 2.24. The molecule has 4 heteroatoms. The Hall–Kier alpha value is -1.42. The van der Waals surface area contributed by atoms with Crippen molar-refractivity contribution in [3.63, 3.8) is 0 Å². The summed E-state index contributed by atoms with van der Waals surface area (Å²) in [5.74, 6) is -0.671. The fourth-order valence-electron chi connectivity index (χ4n) is 1.64. The predicted molar refractivity (Wildman–Crippen MR) is 59.6 cm³/mol. The Morgan fingerprint density at radius 1 is 1.44 bits per heavy atom. The Morgan fingerprint density at radius 3 is 2.38 bits per heavy atom. The highest BCUT2D eigenvalue weighted by Gasteiger charge is 2.15.